The van der Waals surface area contributed by atoms with Crippen LogP contribution in [0.15, 0.2) is 90.2 Å². The fraction of sp³-hybridized carbons (Fsp3) is 0. The highest BCUT2D eigenvalue weighted by molar-refractivity contribution is 6.13. The van der Waals surface area contributed by atoms with Gasteiger partial charge >= 0.3 is 0 Å². The van der Waals surface area contributed by atoms with E-state index in [0.29, 0.717) is 0 Å². The van der Waals surface area contributed by atoms with Crippen molar-refractivity contribution in [1.82, 2.24) is 14.8 Å². The summed E-state index contributed by atoms with van der Waals surface area (Å²) in [7, 11) is 0. The Labute approximate surface area is 133 Å². The lowest BCUT2D eigenvalue weighted by Gasteiger charge is -2.07. The SMILES string of the molecule is c1ccc(C(=Nc2ccc3cnnn3c2)c2ccccc2)cc1. The monoisotopic (exact) mass is 298 g/mol. The quantitative estimate of drug-likeness (QED) is 0.538. The van der Waals surface area contributed by atoms with Crippen molar-refractivity contribution in [3.8, 4) is 0 Å². The Hall–Kier alpha value is -3.27. The van der Waals surface area contributed by atoms with Crippen LogP contribution in [0.1, 0.15) is 11.1 Å². The van der Waals surface area contributed by atoms with Crippen LogP contribution in [0, 0.1) is 0 Å². The number of rotatable bonds is 3. The number of aromatic nitrogens is 3. The lowest BCUT2D eigenvalue weighted by Crippen LogP contribution is -2.02. The first-order valence-corrected chi connectivity index (χ1v) is 7.40. The maximum atomic E-state index is 4.86. The van der Waals surface area contributed by atoms with Crippen LogP contribution in [0.3, 0.4) is 0 Å². The van der Waals surface area contributed by atoms with E-state index in [1.165, 1.54) is 0 Å². The average molecular weight is 298 g/mol. The van der Waals surface area contributed by atoms with Gasteiger partial charge in [0.05, 0.1) is 29.3 Å². The molecule has 0 aliphatic heterocycles. The van der Waals surface area contributed by atoms with E-state index in [4.69, 9.17) is 4.99 Å². The molecule has 2 heterocycles. The summed E-state index contributed by atoms with van der Waals surface area (Å²) in [6, 6.07) is 24.3. The summed E-state index contributed by atoms with van der Waals surface area (Å²) in [6.45, 7) is 0. The molecule has 4 aromatic rings. The van der Waals surface area contributed by atoms with Crippen molar-refractivity contribution in [3.63, 3.8) is 0 Å². The molecule has 0 atom stereocenters. The molecular weight excluding hydrogens is 284 g/mol. The molecule has 2 aromatic carbocycles. The molecule has 0 unspecified atom stereocenters. The number of aliphatic imine (C=N–C) groups is 1. The van der Waals surface area contributed by atoms with Crippen molar-refractivity contribution in [2.24, 2.45) is 4.99 Å². The first-order chi connectivity index (χ1) is 11.4. The third-order valence-electron chi connectivity index (χ3n) is 3.62. The first kappa shape index (κ1) is 13.4. The zero-order chi connectivity index (χ0) is 15.5. The Morgan fingerprint density at radius 2 is 1.43 bits per heavy atom. The maximum absolute atomic E-state index is 4.86. The van der Waals surface area contributed by atoms with E-state index in [0.717, 1.165) is 28.0 Å². The molecule has 0 spiro atoms. The van der Waals surface area contributed by atoms with Gasteiger partial charge in [-0.15, -0.1) is 5.10 Å². The van der Waals surface area contributed by atoms with Crippen LogP contribution in [0.2, 0.25) is 0 Å². The molecule has 0 saturated carbocycles. The van der Waals surface area contributed by atoms with Gasteiger partial charge in [-0.05, 0) is 12.1 Å². The molecule has 0 bridgehead atoms. The molecule has 4 nitrogen and oxygen atoms in total. The number of pyridine rings is 1. The van der Waals surface area contributed by atoms with Crippen LogP contribution < -0.4 is 0 Å². The lowest BCUT2D eigenvalue weighted by atomic mass is 10.0. The van der Waals surface area contributed by atoms with Gasteiger partial charge < -0.3 is 0 Å². The molecule has 110 valence electrons. The number of fused-ring (bicyclic) bond motifs is 1. The summed E-state index contributed by atoms with van der Waals surface area (Å²) in [5.74, 6) is 0. The van der Waals surface area contributed by atoms with Gasteiger partial charge in [0, 0.05) is 11.1 Å². The van der Waals surface area contributed by atoms with Crippen molar-refractivity contribution in [1.29, 1.82) is 0 Å². The Bertz CT molecular complexity index is 915. The summed E-state index contributed by atoms with van der Waals surface area (Å²) in [5, 5.41) is 7.93. The highest BCUT2D eigenvalue weighted by Gasteiger charge is 2.07. The highest BCUT2D eigenvalue weighted by Crippen LogP contribution is 2.18. The summed E-state index contributed by atoms with van der Waals surface area (Å²) >= 11 is 0. The Balaban J connectivity index is 1.87. The minimum Gasteiger partial charge on any atom is -0.246 e. The lowest BCUT2D eigenvalue weighted by molar-refractivity contribution is 0.855. The molecule has 0 aliphatic carbocycles. The third-order valence-corrected chi connectivity index (χ3v) is 3.62. The van der Waals surface area contributed by atoms with Crippen molar-refractivity contribution >= 4 is 16.9 Å². The van der Waals surface area contributed by atoms with Gasteiger partial charge in [0.15, 0.2) is 0 Å². The number of benzene rings is 2. The maximum Gasteiger partial charge on any atom is 0.0866 e. The van der Waals surface area contributed by atoms with Crippen molar-refractivity contribution < 1.29 is 0 Å². The van der Waals surface area contributed by atoms with Crippen molar-refractivity contribution in [2.45, 2.75) is 0 Å². The van der Waals surface area contributed by atoms with Gasteiger partial charge in [-0.2, -0.15) is 0 Å². The van der Waals surface area contributed by atoms with Crippen molar-refractivity contribution in [3.05, 3.63) is 96.3 Å². The van der Waals surface area contributed by atoms with E-state index in [-0.39, 0.29) is 0 Å². The molecule has 4 heteroatoms. The second-order valence-corrected chi connectivity index (χ2v) is 5.18. The molecule has 0 fully saturated rings. The zero-order valence-electron chi connectivity index (χ0n) is 12.4. The fourth-order valence-electron chi connectivity index (χ4n) is 2.49. The topological polar surface area (TPSA) is 42.5 Å². The molecule has 23 heavy (non-hydrogen) atoms. The van der Waals surface area contributed by atoms with Crippen LogP contribution in [-0.4, -0.2) is 20.5 Å². The smallest absolute Gasteiger partial charge is 0.0866 e. The molecule has 0 amide bonds. The van der Waals surface area contributed by atoms with E-state index in [1.807, 2.05) is 54.7 Å². The van der Waals surface area contributed by atoms with E-state index in [9.17, 15) is 0 Å². The van der Waals surface area contributed by atoms with Gasteiger partial charge in [-0.1, -0.05) is 65.9 Å². The van der Waals surface area contributed by atoms with Gasteiger partial charge in [-0.3, -0.25) is 0 Å². The second-order valence-electron chi connectivity index (χ2n) is 5.18. The summed E-state index contributed by atoms with van der Waals surface area (Å²) in [6.07, 6.45) is 3.61. The van der Waals surface area contributed by atoms with Gasteiger partial charge in [0.25, 0.3) is 0 Å². The van der Waals surface area contributed by atoms with E-state index in [2.05, 4.69) is 34.6 Å². The van der Waals surface area contributed by atoms with E-state index in [1.54, 1.807) is 10.7 Å². The Morgan fingerprint density at radius 1 is 0.783 bits per heavy atom. The van der Waals surface area contributed by atoms with Gasteiger partial charge in [-0.25, -0.2) is 9.51 Å². The van der Waals surface area contributed by atoms with Crippen LogP contribution >= 0.6 is 0 Å². The van der Waals surface area contributed by atoms with Crippen molar-refractivity contribution in [2.75, 3.05) is 0 Å². The summed E-state index contributed by atoms with van der Waals surface area (Å²) < 4.78 is 1.73. The molecule has 4 rings (SSSR count). The standard InChI is InChI=1S/C19H14N4/c1-3-7-15(8-4-1)19(16-9-5-2-6-10-16)21-17-11-12-18-13-20-22-23(18)14-17/h1-14H. The predicted molar refractivity (Wildman–Crippen MR) is 91.2 cm³/mol. The molecule has 2 aromatic heterocycles. The normalized spacial score (nSPS) is 10.6. The number of hydrogen-bond donors (Lipinski definition) is 0. The first-order valence-electron chi connectivity index (χ1n) is 7.40. The number of nitrogens with zero attached hydrogens (tertiary/aromatic N) is 4. The molecule has 0 saturated heterocycles. The summed E-state index contributed by atoms with van der Waals surface area (Å²) in [4.78, 5) is 4.86. The Morgan fingerprint density at radius 3 is 2.09 bits per heavy atom. The Kier molecular flexibility index (Phi) is 3.41. The van der Waals surface area contributed by atoms with Crippen LogP contribution in [0.4, 0.5) is 5.69 Å². The third kappa shape index (κ3) is 2.74. The van der Waals surface area contributed by atoms with Crippen LogP contribution in [-0.2, 0) is 0 Å². The highest BCUT2D eigenvalue weighted by atomic mass is 15.4. The van der Waals surface area contributed by atoms with Gasteiger partial charge in [0.2, 0.25) is 0 Å². The fourth-order valence-corrected chi connectivity index (χ4v) is 2.49. The molecule has 0 N–H and O–H groups in total. The largest absolute Gasteiger partial charge is 0.246 e. The van der Waals surface area contributed by atoms with Crippen LogP contribution in [0.5, 0.6) is 0 Å². The van der Waals surface area contributed by atoms with Crippen LogP contribution in [0.25, 0.3) is 5.52 Å². The number of hydrogen-bond acceptors (Lipinski definition) is 3. The average Bonchev–Trinajstić information content (AvgIpc) is 3.09. The minimum atomic E-state index is 0.839. The second kappa shape index (κ2) is 5.85. The van der Waals surface area contributed by atoms with Gasteiger partial charge in [0.1, 0.15) is 0 Å². The molecular formula is C19H14N4. The zero-order valence-corrected chi connectivity index (χ0v) is 12.4. The molecule has 0 radical (unpaired) electrons. The van der Waals surface area contributed by atoms with E-state index < -0.39 is 0 Å². The predicted octanol–water partition coefficient (Wildman–Crippen LogP) is 3.90. The summed E-state index contributed by atoms with van der Waals surface area (Å²) in [5.41, 5.74) is 4.89. The minimum absolute atomic E-state index is 0.839. The molecule has 0 aliphatic rings. The van der Waals surface area contributed by atoms with E-state index >= 15 is 0 Å².